The zero-order valence-electron chi connectivity index (χ0n) is 10.7. The molecule has 0 spiro atoms. The third-order valence-electron chi connectivity index (χ3n) is 2.22. The number of amides is 1. The number of rotatable bonds is 5. The molecule has 2 aromatic rings. The Kier molecular flexibility index (Phi) is 4.78. The van der Waals surface area contributed by atoms with Crippen LogP contribution in [0.3, 0.4) is 0 Å². The summed E-state index contributed by atoms with van der Waals surface area (Å²) in [6.45, 7) is 1.57. The van der Waals surface area contributed by atoms with Crippen LogP contribution in [0.25, 0.3) is 0 Å². The number of thiazole rings is 1. The number of aromatic nitrogens is 1. The van der Waals surface area contributed by atoms with Crippen LogP contribution in [0.4, 0.5) is 4.39 Å². The van der Waals surface area contributed by atoms with Crippen molar-refractivity contribution in [1.82, 2.24) is 10.4 Å². The molecule has 0 aliphatic rings. The molecule has 5 nitrogen and oxygen atoms in total. The van der Waals surface area contributed by atoms with E-state index in [-0.39, 0.29) is 12.4 Å². The Morgan fingerprint density at radius 3 is 3.05 bits per heavy atom. The number of nitrogens with zero attached hydrogens (tertiary/aromatic N) is 2. The van der Waals surface area contributed by atoms with Crippen molar-refractivity contribution >= 4 is 23.5 Å². The highest BCUT2D eigenvalue weighted by molar-refractivity contribution is 7.09. The average Bonchev–Trinajstić information content (AvgIpc) is 2.83. The van der Waals surface area contributed by atoms with Gasteiger partial charge < -0.3 is 4.74 Å². The lowest BCUT2D eigenvalue weighted by Crippen LogP contribution is -2.24. The molecule has 0 fully saturated rings. The third-order valence-corrected chi connectivity index (χ3v) is 3.01. The van der Waals surface area contributed by atoms with E-state index in [1.165, 1.54) is 29.7 Å². The molecular formula is C13H12FN3O2S. The van der Waals surface area contributed by atoms with Gasteiger partial charge in [-0.05, 0) is 19.1 Å². The van der Waals surface area contributed by atoms with Gasteiger partial charge in [0.25, 0.3) is 5.91 Å². The number of halogens is 1. The predicted molar refractivity (Wildman–Crippen MR) is 74.5 cm³/mol. The van der Waals surface area contributed by atoms with Crippen molar-refractivity contribution in [1.29, 1.82) is 0 Å². The fraction of sp³-hybridized carbons (Fsp3) is 0.154. The Bertz CT molecular complexity index is 628. The van der Waals surface area contributed by atoms with E-state index in [2.05, 4.69) is 15.5 Å². The van der Waals surface area contributed by atoms with Gasteiger partial charge in [0.05, 0.1) is 16.9 Å². The molecule has 1 N–H and O–H groups in total. The minimum absolute atomic E-state index is 0.0294. The number of hydrogen-bond acceptors (Lipinski definition) is 5. The Morgan fingerprint density at radius 2 is 2.35 bits per heavy atom. The van der Waals surface area contributed by atoms with E-state index in [4.69, 9.17) is 4.74 Å². The Balaban J connectivity index is 1.78. The third kappa shape index (κ3) is 4.13. The van der Waals surface area contributed by atoms with Crippen LogP contribution in [0, 0.1) is 12.7 Å². The number of nitrogens with one attached hydrogen (secondary N) is 1. The molecule has 0 saturated heterocycles. The molecule has 1 aromatic carbocycles. The van der Waals surface area contributed by atoms with E-state index in [1.807, 2.05) is 12.3 Å². The maximum Gasteiger partial charge on any atom is 0.277 e. The lowest BCUT2D eigenvalue weighted by Gasteiger charge is -2.05. The van der Waals surface area contributed by atoms with Gasteiger partial charge in [0.1, 0.15) is 0 Å². The number of carbonyl (C=O) groups is 1. The molecule has 0 bridgehead atoms. The van der Waals surface area contributed by atoms with E-state index in [0.29, 0.717) is 5.69 Å². The fourth-order valence-electron chi connectivity index (χ4n) is 1.35. The first-order chi connectivity index (χ1) is 9.65. The quantitative estimate of drug-likeness (QED) is 0.678. The predicted octanol–water partition coefficient (Wildman–Crippen LogP) is 2.12. The minimum Gasteiger partial charge on any atom is -0.481 e. The van der Waals surface area contributed by atoms with Crippen LogP contribution < -0.4 is 10.2 Å². The summed E-state index contributed by atoms with van der Waals surface area (Å²) in [5.41, 5.74) is 2.95. The van der Waals surface area contributed by atoms with Crippen molar-refractivity contribution in [3.05, 3.63) is 46.2 Å². The maximum atomic E-state index is 13.2. The second-order valence-electron chi connectivity index (χ2n) is 3.80. The number of aryl methyl sites for hydroxylation is 1. The topological polar surface area (TPSA) is 63.6 Å². The van der Waals surface area contributed by atoms with Gasteiger partial charge in [0.2, 0.25) is 0 Å². The highest BCUT2D eigenvalue weighted by Crippen LogP contribution is 2.14. The van der Waals surface area contributed by atoms with Gasteiger partial charge in [-0.1, -0.05) is 12.1 Å². The summed E-state index contributed by atoms with van der Waals surface area (Å²) in [6.07, 6.45) is 1.44. The smallest absolute Gasteiger partial charge is 0.277 e. The molecule has 0 aliphatic heterocycles. The zero-order valence-corrected chi connectivity index (χ0v) is 11.5. The van der Waals surface area contributed by atoms with Gasteiger partial charge in [-0.25, -0.2) is 14.8 Å². The van der Waals surface area contributed by atoms with Crippen LogP contribution in [0.1, 0.15) is 10.7 Å². The normalized spacial score (nSPS) is 10.7. The lowest BCUT2D eigenvalue weighted by atomic mass is 10.3. The van der Waals surface area contributed by atoms with E-state index in [1.54, 1.807) is 12.1 Å². The van der Waals surface area contributed by atoms with Gasteiger partial charge in [-0.2, -0.15) is 5.10 Å². The Labute approximate surface area is 119 Å². The first-order valence-electron chi connectivity index (χ1n) is 5.76. The van der Waals surface area contributed by atoms with Crippen LogP contribution in [0.5, 0.6) is 5.75 Å². The minimum atomic E-state index is -0.512. The molecule has 104 valence electrons. The zero-order chi connectivity index (χ0) is 14.4. The standard InChI is InChI=1S/C13H12FN3O2S/c1-9-16-10(8-20-9)6-15-17-13(18)7-19-12-5-3-2-4-11(12)14/h2-6,8H,7H2,1H3,(H,17,18)/b15-6-. The summed E-state index contributed by atoms with van der Waals surface area (Å²) >= 11 is 1.49. The second-order valence-corrected chi connectivity index (χ2v) is 4.87. The van der Waals surface area contributed by atoms with Gasteiger partial charge in [0, 0.05) is 5.38 Å². The van der Waals surface area contributed by atoms with Gasteiger partial charge in [-0.3, -0.25) is 4.79 Å². The van der Waals surface area contributed by atoms with Crippen molar-refractivity contribution in [3.63, 3.8) is 0 Å². The number of benzene rings is 1. The average molecular weight is 293 g/mol. The summed E-state index contributed by atoms with van der Waals surface area (Å²) in [7, 11) is 0. The van der Waals surface area contributed by atoms with Crippen LogP contribution in [0.15, 0.2) is 34.7 Å². The molecule has 1 heterocycles. The molecule has 20 heavy (non-hydrogen) atoms. The summed E-state index contributed by atoms with van der Waals surface area (Å²) in [5, 5.41) is 6.47. The van der Waals surface area contributed by atoms with Crippen LogP contribution in [0.2, 0.25) is 0 Å². The molecular weight excluding hydrogens is 281 g/mol. The van der Waals surface area contributed by atoms with Crippen molar-refractivity contribution in [2.75, 3.05) is 6.61 Å². The van der Waals surface area contributed by atoms with E-state index in [9.17, 15) is 9.18 Å². The first-order valence-corrected chi connectivity index (χ1v) is 6.64. The number of hydrogen-bond donors (Lipinski definition) is 1. The Hall–Kier alpha value is -2.28. The Morgan fingerprint density at radius 1 is 1.55 bits per heavy atom. The maximum absolute atomic E-state index is 13.2. The molecule has 0 aliphatic carbocycles. The summed E-state index contributed by atoms with van der Waals surface area (Å²) < 4.78 is 18.3. The molecule has 2 rings (SSSR count). The number of para-hydroxylation sites is 1. The first kappa shape index (κ1) is 14.1. The molecule has 0 atom stereocenters. The van der Waals surface area contributed by atoms with E-state index >= 15 is 0 Å². The van der Waals surface area contributed by atoms with Crippen molar-refractivity contribution < 1.29 is 13.9 Å². The summed E-state index contributed by atoms with van der Waals surface area (Å²) in [5.74, 6) is -0.958. The van der Waals surface area contributed by atoms with Crippen LogP contribution in [-0.4, -0.2) is 23.7 Å². The molecule has 0 radical (unpaired) electrons. The SMILES string of the molecule is Cc1nc(/C=N\NC(=O)COc2ccccc2F)cs1. The largest absolute Gasteiger partial charge is 0.481 e. The summed E-state index contributed by atoms with van der Waals surface area (Å²) in [6, 6.07) is 5.88. The van der Waals surface area contributed by atoms with Crippen molar-refractivity contribution in [2.45, 2.75) is 6.92 Å². The van der Waals surface area contributed by atoms with Crippen molar-refractivity contribution in [2.24, 2.45) is 5.10 Å². The van der Waals surface area contributed by atoms with Crippen LogP contribution in [-0.2, 0) is 4.79 Å². The number of ether oxygens (including phenoxy) is 1. The molecule has 0 saturated carbocycles. The highest BCUT2D eigenvalue weighted by Gasteiger charge is 2.05. The highest BCUT2D eigenvalue weighted by atomic mass is 32.1. The van der Waals surface area contributed by atoms with E-state index in [0.717, 1.165) is 5.01 Å². The van der Waals surface area contributed by atoms with Crippen molar-refractivity contribution in [3.8, 4) is 5.75 Å². The number of carbonyl (C=O) groups excluding carboxylic acids is 1. The molecule has 1 amide bonds. The summed E-state index contributed by atoms with van der Waals surface area (Å²) in [4.78, 5) is 15.6. The fourth-order valence-corrected chi connectivity index (χ4v) is 1.91. The van der Waals surface area contributed by atoms with Gasteiger partial charge >= 0.3 is 0 Å². The molecule has 7 heteroatoms. The van der Waals surface area contributed by atoms with Gasteiger partial charge in [-0.15, -0.1) is 11.3 Å². The molecule has 0 unspecified atom stereocenters. The lowest BCUT2D eigenvalue weighted by molar-refractivity contribution is -0.123. The molecule has 1 aromatic heterocycles. The van der Waals surface area contributed by atoms with E-state index < -0.39 is 11.7 Å². The van der Waals surface area contributed by atoms with Crippen LogP contribution >= 0.6 is 11.3 Å². The number of hydrazone groups is 1. The second kappa shape index (κ2) is 6.76. The monoisotopic (exact) mass is 293 g/mol. The van der Waals surface area contributed by atoms with Gasteiger partial charge in [0.15, 0.2) is 18.2 Å².